The number of piperidine rings is 1. The molecule has 2 nitrogen and oxygen atoms in total. The molecule has 1 aromatic heterocycles. The molecule has 1 aromatic carbocycles. The average Bonchev–Trinajstić information content (AvgIpc) is 2.90. The molecule has 2 heterocycles. The summed E-state index contributed by atoms with van der Waals surface area (Å²) in [6, 6.07) is 10.4. The highest BCUT2D eigenvalue weighted by molar-refractivity contribution is 7.14. The molecule has 3 rings (SSSR count). The topological polar surface area (TPSA) is 16.1 Å². The minimum absolute atomic E-state index is 1.11. The molecule has 0 spiro atoms. The van der Waals surface area contributed by atoms with Crippen LogP contribution in [0.2, 0.25) is 0 Å². The molecule has 17 heavy (non-hydrogen) atoms. The molecule has 3 heteroatoms. The van der Waals surface area contributed by atoms with E-state index in [1.807, 2.05) is 6.07 Å². The van der Waals surface area contributed by atoms with Crippen LogP contribution < -0.4 is 4.90 Å². The van der Waals surface area contributed by atoms with Crippen LogP contribution in [0.4, 0.5) is 5.13 Å². The molecule has 0 N–H and O–H groups in total. The molecule has 0 amide bonds. The molecular formula is C14H16N2S. The van der Waals surface area contributed by atoms with Crippen molar-refractivity contribution in [2.75, 3.05) is 18.0 Å². The van der Waals surface area contributed by atoms with E-state index in [-0.39, 0.29) is 0 Å². The van der Waals surface area contributed by atoms with Gasteiger partial charge in [0.1, 0.15) is 0 Å². The van der Waals surface area contributed by atoms with Crippen LogP contribution in [0.15, 0.2) is 35.7 Å². The molecule has 0 saturated carbocycles. The normalized spacial score (nSPS) is 16.1. The number of nitrogens with zero attached hydrogens (tertiary/aromatic N) is 2. The molecule has 0 radical (unpaired) electrons. The van der Waals surface area contributed by atoms with Crippen LogP contribution in [0.1, 0.15) is 19.3 Å². The maximum absolute atomic E-state index is 4.75. The summed E-state index contributed by atoms with van der Waals surface area (Å²) in [7, 11) is 0. The zero-order valence-electron chi connectivity index (χ0n) is 9.80. The van der Waals surface area contributed by atoms with Crippen molar-refractivity contribution in [3.8, 4) is 11.3 Å². The summed E-state index contributed by atoms with van der Waals surface area (Å²) in [5.74, 6) is 0. The monoisotopic (exact) mass is 244 g/mol. The van der Waals surface area contributed by atoms with Gasteiger partial charge in [0, 0.05) is 24.0 Å². The van der Waals surface area contributed by atoms with Crippen LogP contribution in [-0.4, -0.2) is 18.1 Å². The largest absolute Gasteiger partial charge is 0.348 e. The lowest BCUT2D eigenvalue weighted by Gasteiger charge is -2.25. The Morgan fingerprint density at radius 1 is 1.00 bits per heavy atom. The van der Waals surface area contributed by atoms with Gasteiger partial charge in [0.2, 0.25) is 0 Å². The van der Waals surface area contributed by atoms with E-state index in [9.17, 15) is 0 Å². The Hall–Kier alpha value is -1.35. The average molecular weight is 244 g/mol. The van der Waals surface area contributed by atoms with Gasteiger partial charge in [0.25, 0.3) is 0 Å². The van der Waals surface area contributed by atoms with Crippen molar-refractivity contribution in [2.24, 2.45) is 0 Å². The van der Waals surface area contributed by atoms with Gasteiger partial charge in [-0.1, -0.05) is 30.3 Å². The van der Waals surface area contributed by atoms with Crippen LogP contribution >= 0.6 is 11.3 Å². The number of rotatable bonds is 2. The van der Waals surface area contributed by atoms with Gasteiger partial charge >= 0.3 is 0 Å². The quantitative estimate of drug-likeness (QED) is 0.798. The third kappa shape index (κ3) is 2.34. The highest BCUT2D eigenvalue weighted by atomic mass is 32.1. The van der Waals surface area contributed by atoms with Crippen molar-refractivity contribution in [1.29, 1.82) is 0 Å². The zero-order valence-corrected chi connectivity index (χ0v) is 10.6. The number of hydrogen-bond acceptors (Lipinski definition) is 3. The second-order valence-corrected chi connectivity index (χ2v) is 5.27. The van der Waals surface area contributed by atoms with Gasteiger partial charge < -0.3 is 4.90 Å². The van der Waals surface area contributed by atoms with Crippen molar-refractivity contribution >= 4 is 16.5 Å². The first kappa shape index (κ1) is 10.8. The van der Waals surface area contributed by atoms with Crippen molar-refractivity contribution in [2.45, 2.75) is 19.3 Å². The molecule has 1 fully saturated rings. The number of hydrogen-bond donors (Lipinski definition) is 0. The lowest BCUT2D eigenvalue weighted by atomic mass is 10.1. The third-order valence-corrected chi connectivity index (χ3v) is 4.09. The van der Waals surface area contributed by atoms with Crippen LogP contribution in [0.25, 0.3) is 11.3 Å². The SMILES string of the molecule is c1ccc(-c2csc(N3CCCCC3)n2)cc1. The fraction of sp³-hybridized carbons (Fsp3) is 0.357. The van der Waals surface area contributed by atoms with Gasteiger partial charge in [-0.25, -0.2) is 4.98 Å². The van der Waals surface area contributed by atoms with Crippen molar-refractivity contribution < 1.29 is 0 Å². The number of aromatic nitrogens is 1. The van der Waals surface area contributed by atoms with E-state index >= 15 is 0 Å². The first-order valence-corrected chi connectivity index (χ1v) is 7.07. The Morgan fingerprint density at radius 2 is 1.76 bits per heavy atom. The van der Waals surface area contributed by atoms with E-state index in [0.717, 1.165) is 5.69 Å². The van der Waals surface area contributed by atoms with E-state index in [4.69, 9.17) is 4.98 Å². The van der Waals surface area contributed by atoms with Crippen molar-refractivity contribution in [1.82, 2.24) is 4.98 Å². The molecule has 0 aliphatic carbocycles. The standard InChI is InChI=1S/C14H16N2S/c1-3-7-12(8-4-1)13-11-17-14(15-13)16-9-5-2-6-10-16/h1,3-4,7-8,11H,2,5-6,9-10H2. The first-order valence-electron chi connectivity index (χ1n) is 6.19. The van der Waals surface area contributed by atoms with E-state index in [1.165, 1.54) is 43.0 Å². The molecule has 0 atom stereocenters. The number of benzene rings is 1. The summed E-state index contributed by atoms with van der Waals surface area (Å²) < 4.78 is 0. The first-order chi connectivity index (χ1) is 8.43. The molecule has 0 bridgehead atoms. The fourth-order valence-corrected chi connectivity index (χ4v) is 3.12. The highest BCUT2D eigenvalue weighted by Crippen LogP contribution is 2.28. The second kappa shape index (κ2) is 4.88. The predicted octanol–water partition coefficient (Wildman–Crippen LogP) is 3.80. The van der Waals surface area contributed by atoms with Crippen LogP contribution in [-0.2, 0) is 0 Å². The highest BCUT2D eigenvalue weighted by Gasteiger charge is 2.14. The third-order valence-electron chi connectivity index (χ3n) is 3.19. The summed E-state index contributed by atoms with van der Waals surface area (Å²) in [5, 5.41) is 3.35. The van der Waals surface area contributed by atoms with E-state index in [0.29, 0.717) is 0 Å². The molecular weight excluding hydrogens is 228 g/mol. The van der Waals surface area contributed by atoms with E-state index in [2.05, 4.69) is 34.5 Å². The molecule has 1 aliphatic rings. The van der Waals surface area contributed by atoms with Gasteiger partial charge in [-0.05, 0) is 19.3 Å². The summed E-state index contributed by atoms with van der Waals surface area (Å²) in [6.07, 6.45) is 3.98. The Kier molecular flexibility index (Phi) is 3.10. The molecule has 1 aliphatic heterocycles. The minimum atomic E-state index is 1.11. The van der Waals surface area contributed by atoms with Crippen LogP contribution in [0.5, 0.6) is 0 Å². The van der Waals surface area contributed by atoms with Gasteiger partial charge in [0.15, 0.2) is 5.13 Å². The summed E-state index contributed by atoms with van der Waals surface area (Å²) in [6.45, 7) is 2.34. The molecule has 88 valence electrons. The Morgan fingerprint density at radius 3 is 2.53 bits per heavy atom. The maximum atomic E-state index is 4.75. The lowest BCUT2D eigenvalue weighted by molar-refractivity contribution is 0.577. The summed E-state index contributed by atoms with van der Waals surface area (Å²) in [5.41, 5.74) is 2.32. The summed E-state index contributed by atoms with van der Waals surface area (Å²) >= 11 is 1.77. The lowest BCUT2D eigenvalue weighted by Crippen LogP contribution is -2.29. The molecule has 1 saturated heterocycles. The van der Waals surface area contributed by atoms with Crippen LogP contribution in [0, 0.1) is 0 Å². The Bertz CT molecular complexity index is 472. The van der Waals surface area contributed by atoms with Crippen molar-refractivity contribution in [3.05, 3.63) is 35.7 Å². The maximum Gasteiger partial charge on any atom is 0.185 e. The fourth-order valence-electron chi connectivity index (χ4n) is 2.24. The van der Waals surface area contributed by atoms with E-state index in [1.54, 1.807) is 11.3 Å². The Balaban J connectivity index is 1.83. The smallest absolute Gasteiger partial charge is 0.185 e. The zero-order chi connectivity index (χ0) is 11.5. The number of thiazole rings is 1. The Labute approximate surface area is 106 Å². The minimum Gasteiger partial charge on any atom is -0.348 e. The molecule has 2 aromatic rings. The second-order valence-electron chi connectivity index (χ2n) is 4.43. The van der Waals surface area contributed by atoms with Gasteiger partial charge in [-0.3, -0.25) is 0 Å². The van der Waals surface area contributed by atoms with Crippen molar-refractivity contribution in [3.63, 3.8) is 0 Å². The summed E-state index contributed by atoms with van der Waals surface area (Å²) in [4.78, 5) is 7.17. The number of anilines is 1. The van der Waals surface area contributed by atoms with E-state index < -0.39 is 0 Å². The van der Waals surface area contributed by atoms with Gasteiger partial charge in [0.05, 0.1) is 5.69 Å². The van der Waals surface area contributed by atoms with Gasteiger partial charge in [-0.2, -0.15) is 0 Å². The predicted molar refractivity (Wildman–Crippen MR) is 73.6 cm³/mol. The van der Waals surface area contributed by atoms with Crippen LogP contribution in [0.3, 0.4) is 0 Å². The van der Waals surface area contributed by atoms with Gasteiger partial charge in [-0.15, -0.1) is 11.3 Å². The molecule has 0 unspecified atom stereocenters.